The van der Waals surface area contributed by atoms with Crippen molar-refractivity contribution in [1.29, 1.82) is 5.26 Å². The van der Waals surface area contributed by atoms with Crippen LogP contribution in [-0.4, -0.2) is 103 Å². The molecule has 0 saturated carbocycles. The Kier molecular flexibility index (Phi) is 17.5. The van der Waals surface area contributed by atoms with Gasteiger partial charge in [-0.05, 0) is 86.0 Å². The van der Waals surface area contributed by atoms with Gasteiger partial charge in [0, 0.05) is 49.2 Å². The number of nitriles is 1. The van der Waals surface area contributed by atoms with Gasteiger partial charge in [-0.3, -0.25) is 24.0 Å². The molecule has 1 aromatic heterocycles. The Hall–Kier alpha value is -6.94. The minimum Gasteiger partial charge on any atom is -0.492 e. The van der Waals surface area contributed by atoms with Gasteiger partial charge in [-0.25, -0.2) is 9.97 Å². The second kappa shape index (κ2) is 23.0. The molecule has 5 rings (SSSR count). The first-order chi connectivity index (χ1) is 31.9. The standard InChI is InChI=1S/C49H63N11O7/c1-28-38(61)14-10-33(45(62)55-22-19-51)25-30-7-15-39(66-23-20-52)35(26-30)36-27-32(11-16-40(36)67-24-21-53)42(47(64)57-28)60(6)48(65)37(17-18-50)58-46(63)41-29(2)56-44(59-43(41)54)31-8-12-34(13-9-31)49(3,4)5/h7-9,11-13,15-16,26-28,33,37,42H,10,14,17-18,20-25,50,52-53H2,1-6H3,(H,55,62)(H,57,64)(H,58,63)(H2,54,56,59)/t28-,33-,37-,42-/m0/s1. The molecule has 1 aliphatic heterocycles. The monoisotopic (exact) mass is 917 g/mol. The third kappa shape index (κ3) is 12.7. The third-order valence-electron chi connectivity index (χ3n) is 11.6. The predicted octanol–water partition coefficient (Wildman–Crippen LogP) is 2.99. The zero-order valence-corrected chi connectivity index (χ0v) is 39.1. The van der Waals surface area contributed by atoms with E-state index in [1.807, 2.05) is 36.4 Å². The van der Waals surface area contributed by atoms with Gasteiger partial charge in [0.05, 0.1) is 17.8 Å². The van der Waals surface area contributed by atoms with E-state index in [9.17, 15) is 29.2 Å². The number of anilines is 1. The van der Waals surface area contributed by atoms with E-state index >= 15 is 0 Å². The fraction of sp³-hybridized carbons (Fsp3) is 0.429. The number of carbonyl (C=O) groups is 5. The van der Waals surface area contributed by atoms with Crippen LogP contribution in [0.15, 0.2) is 60.7 Å². The summed E-state index contributed by atoms with van der Waals surface area (Å²) in [7, 11) is 1.42. The smallest absolute Gasteiger partial charge is 0.257 e. The number of likely N-dealkylation sites (N-methyl/N-ethyl adjacent to an activating group) is 1. The van der Waals surface area contributed by atoms with E-state index in [2.05, 4.69) is 46.7 Å². The Labute approximate surface area is 391 Å². The van der Waals surface area contributed by atoms with Crippen molar-refractivity contribution in [2.24, 2.45) is 23.1 Å². The highest BCUT2D eigenvalue weighted by Gasteiger charge is 2.36. The summed E-state index contributed by atoms with van der Waals surface area (Å²) in [5.41, 5.74) is 28.2. The number of ether oxygens (including phenoxy) is 2. The van der Waals surface area contributed by atoms with Crippen molar-refractivity contribution >= 4 is 35.2 Å². The van der Waals surface area contributed by atoms with Gasteiger partial charge < -0.3 is 53.3 Å². The molecule has 67 heavy (non-hydrogen) atoms. The van der Waals surface area contributed by atoms with Crippen molar-refractivity contribution in [2.75, 3.05) is 52.2 Å². The lowest BCUT2D eigenvalue weighted by Gasteiger charge is -2.32. The van der Waals surface area contributed by atoms with Crippen molar-refractivity contribution in [2.45, 2.75) is 83.8 Å². The molecule has 1 aliphatic rings. The number of rotatable bonds is 15. The van der Waals surface area contributed by atoms with E-state index in [0.717, 1.165) is 5.56 Å². The highest BCUT2D eigenvalue weighted by molar-refractivity contribution is 6.02. The molecule has 0 radical (unpaired) electrons. The Morgan fingerprint density at radius 3 is 2.18 bits per heavy atom. The Balaban J connectivity index is 1.57. The van der Waals surface area contributed by atoms with Crippen LogP contribution in [0.1, 0.15) is 85.7 Å². The maximum atomic E-state index is 14.7. The van der Waals surface area contributed by atoms with E-state index < -0.39 is 47.7 Å². The summed E-state index contributed by atoms with van der Waals surface area (Å²) in [6.07, 6.45) is 0.211. The minimum atomic E-state index is -1.38. The lowest BCUT2D eigenvalue weighted by molar-refractivity contribution is -0.141. The number of nitrogens with one attached hydrogen (secondary N) is 3. The molecule has 356 valence electrons. The summed E-state index contributed by atoms with van der Waals surface area (Å²) >= 11 is 0. The Bertz CT molecular complexity index is 2460. The topological polar surface area (TPSA) is 297 Å². The van der Waals surface area contributed by atoms with Gasteiger partial charge >= 0.3 is 0 Å². The number of aromatic nitrogens is 2. The number of amides is 4. The molecule has 4 aromatic rings. The fourth-order valence-corrected chi connectivity index (χ4v) is 7.92. The quantitative estimate of drug-likeness (QED) is 0.0845. The summed E-state index contributed by atoms with van der Waals surface area (Å²) in [4.78, 5) is 80.7. The van der Waals surface area contributed by atoms with E-state index in [1.54, 1.807) is 37.3 Å². The number of nitrogens with zero attached hydrogens (tertiary/aromatic N) is 4. The van der Waals surface area contributed by atoms with Crippen LogP contribution in [0.3, 0.4) is 0 Å². The first kappa shape index (κ1) is 51.1. The molecule has 0 unspecified atom stereocenters. The molecule has 3 aromatic carbocycles. The molecular weight excluding hydrogens is 855 g/mol. The molecular formula is C49H63N11O7. The number of hydrogen-bond acceptors (Lipinski definition) is 14. The Morgan fingerprint density at radius 2 is 1.58 bits per heavy atom. The van der Waals surface area contributed by atoms with Gasteiger partial charge in [-0.1, -0.05) is 57.2 Å². The molecule has 0 saturated heterocycles. The number of nitrogens with two attached hydrogens (primary N) is 4. The first-order valence-electron chi connectivity index (χ1n) is 22.4. The van der Waals surface area contributed by atoms with Crippen LogP contribution in [0.4, 0.5) is 5.82 Å². The largest absolute Gasteiger partial charge is 0.492 e. The molecule has 18 heteroatoms. The zero-order chi connectivity index (χ0) is 49.0. The van der Waals surface area contributed by atoms with Crippen molar-refractivity contribution < 1.29 is 33.4 Å². The SMILES string of the molecule is Cc1nc(-c2ccc(C(C)(C)C)cc2)nc(N)c1C(=O)N[C@@H](CCN)C(=O)N(C)[C@@H]1C(=O)N[C@@H](C)C(=O)CC[C@H](C(=O)NCC#N)Cc2ccc(OCCN)c(c2)-c2cc1ccc2OCCN. The highest BCUT2D eigenvalue weighted by atomic mass is 16.5. The number of Topliss-reactive ketones (excluding diaryl/α,β-unsaturated/α-hetero) is 1. The van der Waals surface area contributed by atoms with E-state index in [-0.39, 0.29) is 93.3 Å². The normalized spacial score (nSPS) is 16.9. The van der Waals surface area contributed by atoms with Crippen LogP contribution in [0.5, 0.6) is 11.5 Å². The summed E-state index contributed by atoms with van der Waals surface area (Å²) in [6, 6.07) is 16.4. The van der Waals surface area contributed by atoms with Gasteiger partial charge in [0.2, 0.25) is 17.7 Å². The maximum Gasteiger partial charge on any atom is 0.257 e. The predicted molar refractivity (Wildman–Crippen MR) is 254 cm³/mol. The van der Waals surface area contributed by atoms with Gasteiger partial charge in [0.25, 0.3) is 5.91 Å². The van der Waals surface area contributed by atoms with Crippen molar-refractivity contribution in [3.05, 3.63) is 88.6 Å². The molecule has 0 aliphatic carbocycles. The number of hydrogen-bond donors (Lipinski definition) is 7. The van der Waals surface area contributed by atoms with Crippen molar-refractivity contribution in [3.63, 3.8) is 0 Å². The summed E-state index contributed by atoms with van der Waals surface area (Å²) in [5.74, 6) is -2.54. The molecule has 0 spiro atoms. The molecule has 4 amide bonds. The fourth-order valence-electron chi connectivity index (χ4n) is 7.92. The Morgan fingerprint density at radius 1 is 0.940 bits per heavy atom. The van der Waals surface area contributed by atoms with Gasteiger partial charge in [0.1, 0.15) is 54.7 Å². The van der Waals surface area contributed by atoms with E-state index in [1.165, 1.54) is 18.9 Å². The van der Waals surface area contributed by atoms with Crippen LogP contribution in [0, 0.1) is 24.2 Å². The number of fused-ring (bicyclic) bond motifs is 5. The average molecular weight is 918 g/mol. The maximum absolute atomic E-state index is 14.7. The van der Waals surface area contributed by atoms with Crippen LogP contribution >= 0.6 is 0 Å². The molecule has 11 N–H and O–H groups in total. The minimum absolute atomic E-state index is 0.0177. The number of ketones is 1. The lowest BCUT2D eigenvalue weighted by atomic mass is 9.86. The molecule has 0 fully saturated rings. The second-order valence-corrected chi connectivity index (χ2v) is 17.5. The highest BCUT2D eigenvalue weighted by Crippen LogP contribution is 2.40. The average Bonchev–Trinajstić information content (AvgIpc) is 3.29. The summed E-state index contributed by atoms with van der Waals surface area (Å²) in [6.45, 7) is 9.94. The molecule has 2 heterocycles. The number of benzene rings is 3. The van der Waals surface area contributed by atoms with E-state index in [0.29, 0.717) is 45.1 Å². The van der Waals surface area contributed by atoms with Crippen LogP contribution in [0.2, 0.25) is 0 Å². The van der Waals surface area contributed by atoms with Crippen LogP contribution < -0.4 is 48.4 Å². The number of aryl methyl sites for hydroxylation is 1. The second-order valence-electron chi connectivity index (χ2n) is 17.5. The number of carbonyl (C=O) groups excluding carboxylic acids is 5. The van der Waals surface area contributed by atoms with Gasteiger partial charge in [-0.15, -0.1) is 0 Å². The first-order valence-corrected chi connectivity index (χ1v) is 22.4. The summed E-state index contributed by atoms with van der Waals surface area (Å²) in [5, 5.41) is 17.4. The van der Waals surface area contributed by atoms with Crippen molar-refractivity contribution in [3.8, 4) is 40.1 Å². The van der Waals surface area contributed by atoms with Gasteiger partial charge in [-0.2, -0.15) is 5.26 Å². The lowest BCUT2D eigenvalue weighted by Crippen LogP contribution is -2.53. The van der Waals surface area contributed by atoms with Gasteiger partial charge in [0.15, 0.2) is 11.6 Å². The number of nitrogen functional groups attached to an aromatic ring is 1. The van der Waals surface area contributed by atoms with Crippen molar-refractivity contribution in [1.82, 2.24) is 30.8 Å². The zero-order valence-electron chi connectivity index (χ0n) is 39.1. The summed E-state index contributed by atoms with van der Waals surface area (Å²) < 4.78 is 12.2. The van der Waals surface area contributed by atoms with Crippen LogP contribution in [-0.2, 0) is 31.0 Å². The van der Waals surface area contributed by atoms with Crippen LogP contribution in [0.25, 0.3) is 22.5 Å². The van der Waals surface area contributed by atoms with E-state index in [4.69, 9.17) is 32.4 Å². The molecule has 4 atom stereocenters. The third-order valence-corrected chi connectivity index (χ3v) is 11.6. The molecule has 18 nitrogen and oxygen atoms in total. The molecule has 4 bridgehead atoms.